The zero-order valence-corrected chi connectivity index (χ0v) is 10.5. The Kier molecular flexibility index (Phi) is 3.69. The first-order valence-corrected chi connectivity index (χ1v) is 6.31. The molecule has 3 nitrogen and oxygen atoms in total. The number of hydrogen-bond acceptors (Lipinski definition) is 3. The fourth-order valence-electron chi connectivity index (χ4n) is 2.21. The van der Waals surface area contributed by atoms with Crippen LogP contribution in [0.4, 0.5) is 0 Å². The molecule has 0 heterocycles. The van der Waals surface area contributed by atoms with Crippen molar-refractivity contribution >= 4 is 0 Å². The van der Waals surface area contributed by atoms with Crippen LogP contribution in [0.5, 0.6) is 5.75 Å². The zero-order chi connectivity index (χ0) is 12.4. The van der Waals surface area contributed by atoms with E-state index in [0.29, 0.717) is 0 Å². The first-order valence-electron chi connectivity index (χ1n) is 6.31. The van der Waals surface area contributed by atoms with Crippen LogP contribution in [0.2, 0.25) is 0 Å². The van der Waals surface area contributed by atoms with Crippen molar-refractivity contribution in [1.82, 2.24) is 0 Å². The summed E-state index contributed by atoms with van der Waals surface area (Å²) in [5.41, 5.74) is 8.60. The van der Waals surface area contributed by atoms with Crippen LogP contribution in [-0.2, 0) is 6.42 Å². The number of benzene rings is 1. The van der Waals surface area contributed by atoms with E-state index in [1.165, 1.54) is 11.1 Å². The summed E-state index contributed by atoms with van der Waals surface area (Å²) in [6.45, 7) is 3.61. The maximum atomic E-state index is 9.42. The summed E-state index contributed by atoms with van der Waals surface area (Å²) in [5, 5.41) is 9.42. The fraction of sp³-hybridized carbons (Fsp3) is 0.571. The Labute approximate surface area is 103 Å². The summed E-state index contributed by atoms with van der Waals surface area (Å²) in [5.74, 6) is 0.825. The monoisotopic (exact) mass is 235 g/mol. The quantitative estimate of drug-likeness (QED) is 0.844. The second-order valence-corrected chi connectivity index (χ2v) is 4.92. The van der Waals surface area contributed by atoms with Gasteiger partial charge in [0.15, 0.2) is 0 Å². The van der Waals surface area contributed by atoms with Gasteiger partial charge in [0, 0.05) is 6.04 Å². The lowest BCUT2D eigenvalue weighted by Crippen LogP contribution is -2.25. The van der Waals surface area contributed by atoms with Gasteiger partial charge in [-0.1, -0.05) is 6.07 Å². The minimum absolute atomic E-state index is 0.169. The summed E-state index contributed by atoms with van der Waals surface area (Å²) < 4.78 is 5.69. The predicted octanol–water partition coefficient (Wildman–Crippen LogP) is 2.17. The molecule has 2 rings (SSSR count). The van der Waals surface area contributed by atoms with E-state index in [4.69, 9.17) is 10.5 Å². The van der Waals surface area contributed by atoms with E-state index in [1.54, 1.807) is 6.92 Å². The number of ether oxygens (including phenoxy) is 1. The molecule has 1 aromatic rings. The topological polar surface area (TPSA) is 55.5 Å². The third-order valence-electron chi connectivity index (χ3n) is 3.48. The Balaban J connectivity index is 2.16. The van der Waals surface area contributed by atoms with Crippen LogP contribution in [0.3, 0.4) is 0 Å². The van der Waals surface area contributed by atoms with Crippen LogP contribution >= 0.6 is 0 Å². The lowest BCUT2D eigenvalue weighted by molar-refractivity contribution is 0.0604. The summed E-state index contributed by atoms with van der Waals surface area (Å²) in [6.07, 6.45) is 2.63. The number of aryl methyl sites for hydroxylation is 1. The molecule has 0 fully saturated rings. The molecule has 1 aliphatic carbocycles. The van der Waals surface area contributed by atoms with Crippen LogP contribution in [-0.4, -0.2) is 17.3 Å². The molecule has 0 spiro atoms. The van der Waals surface area contributed by atoms with E-state index in [1.807, 2.05) is 13.0 Å². The van der Waals surface area contributed by atoms with Gasteiger partial charge < -0.3 is 15.6 Å². The second-order valence-electron chi connectivity index (χ2n) is 4.92. The van der Waals surface area contributed by atoms with Crippen LogP contribution in [0.1, 0.15) is 43.9 Å². The SMILES string of the molecule is CC(O)C(C)Oc1ccc2c(c1)CCCC2N. The standard InChI is InChI=1S/C14H21NO2/c1-9(16)10(2)17-12-6-7-13-11(8-12)4-3-5-14(13)15/h6-10,14,16H,3-5,15H2,1-2H3. The highest BCUT2D eigenvalue weighted by atomic mass is 16.5. The third kappa shape index (κ3) is 2.79. The Bertz CT molecular complexity index is 390. The van der Waals surface area contributed by atoms with Crippen LogP contribution < -0.4 is 10.5 Å². The second kappa shape index (κ2) is 5.07. The lowest BCUT2D eigenvalue weighted by Gasteiger charge is -2.24. The van der Waals surface area contributed by atoms with Crippen molar-refractivity contribution in [3.8, 4) is 5.75 Å². The van der Waals surface area contributed by atoms with Gasteiger partial charge in [-0.25, -0.2) is 0 Å². The van der Waals surface area contributed by atoms with Gasteiger partial charge in [0.1, 0.15) is 11.9 Å². The highest BCUT2D eigenvalue weighted by Gasteiger charge is 2.18. The number of nitrogens with two attached hydrogens (primary N) is 1. The minimum atomic E-state index is -0.465. The van der Waals surface area contributed by atoms with Crippen molar-refractivity contribution in [2.24, 2.45) is 5.73 Å². The van der Waals surface area contributed by atoms with E-state index in [0.717, 1.165) is 25.0 Å². The molecule has 0 saturated heterocycles. The molecule has 0 amide bonds. The maximum absolute atomic E-state index is 9.42. The average molecular weight is 235 g/mol. The van der Waals surface area contributed by atoms with Crippen molar-refractivity contribution < 1.29 is 9.84 Å². The van der Waals surface area contributed by atoms with E-state index in [9.17, 15) is 5.11 Å². The average Bonchev–Trinajstić information content (AvgIpc) is 2.29. The molecule has 17 heavy (non-hydrogen) atoms. The van der Waals surface area contributed by atoms with E-state index >= 15 is 0 Å². The Morgan fingerprint density at radius 1 is 1.41 bits per heavy atom. The molecular weight excluding hydrogens is 214 g/mol. The molecule has 94 valence electrons. The van der Waals surface area contributed by atoms with Gasteiger partial charge in [-0.15, -0.1) is 0 Å². The van der Waals surface area contributed by atoms with Gasteiger partial charge in [0.05, 0.1) is 6.10 Å². The van der Waals surface area contributed by atoms with Gasteiger partial charge in [-0.05, 0) is 56.4 Å². The molecule has 0 bridgehead atoms. The lowest BCUT2D eigenvalue weighted by atomic mass is 9.88. The number of rotatable bonds is 3. The van der Waals surface area contributed by atoms with Crippen molar-refractivity contribution in [1.29, 1.82) is 0 Å². The first-order chi connectivity index (χ1) is 8.08. The third-order valence-corrected chi connectivity index (χ3v) is 3.48. The van der Waals surface area contributed by atoms with Crippen LogP contribution in [0.25, 0.3) is 0 Å². The molecule has 1 aliphatic rings. The summed E-state index contributed by atoms with van der Waals surface area (Å²) >= 11 is 0. The highest BCUT2D eigenvalue weighted by molar-refractivity contribution is 5.39. The summed E-state index contributed by atoms with van der Waals surface area (Å²) in [7, 11) is 0. The van der Waals surface area contributed by atoms with Gasteiger partial charge in [-0.2, -0.15) is 0 Å². The molecule has 3 unspecified atom stereocenters. The fourth-order valence-corrected chi connectivity index (χ4v) is 2.21. The van der Waals surface area contributed by atoms with Crippen molar-refractivity contribution in [2.75, 3.05) is 0 Å². The molecule has 3 heteroatoms. The summed E-state index contributed by atoms with van der Waals surface area (Å²) in [6, 6.07) is 6.24. The number of fused-ring (bicyclic) bond motifs is 1. The minimum Gasteiger partial charge on any atom is -0.488 e. The zero-order valence-electron chi connectivity index (χ0n) is 10.5. The van der Waals surface area contributed by atoms with Crippen molar-refractivity contribution in [2.45, 2.75) is 51.4 Å². The number of hydrogen-bond donors (Lipinski definition) is 2. The van der Waals surface area contributed by atoms with Gasteiger partial charge in [0.25, 0.3) is 0 Å². The van der Waals surface area contributed by atoms with E-state index in [2.05, 4.69) is 12.1 Å². The predicted molar refractivity (Wildman–Crippen MR) is 68.1 cm³/mol. The van der Waals surface area contributed by atoms with Crippen LogP contribution in [0.15, 0.2) is 18.2 Å². The first kappa shape index (κ1) is 12.4. The van der Waals surface area contributed by atoms with Gasteiger partial charge >= 0.3 is 0 Å². The molecule has 3 atom stereocenters. The smallest absolute Gasteiger partial charge is 0.121 e. The Morgan fingerprint density at radius 3 is 2.88 bits per heavy atom. The Hall–Kier alpha value is -1.06. The molecular formula is C14H21NO2. The summed E-state index contributed by atoms with van der Waals surface area (Å²) in [4.78, 5) is 0. The normalized spacial score (nSPS) is 22.7. The largest absolute Gasteiger partial charge is 0.488 e. The molecule has 0 aromatic heterocycles. The van der Waals surface area contributed by atoms with Crippen molar-refractivity contribution in [3.63, 3.8) is 0 Å². The van der Waals surface area contributed by atoms with E-state index < -0.39 is 6.10 Å². The highest BCUT2D eigenvalue weighted by Crippen LogP contribution is 2.30. The Morgan fingerprint density at radius 2 is 2.18 bits per heavy atom. The van der Waals surface area contributed by atoms with Gasteiger partial charge in [0.2, 0.25) is 0 Å². The molecule has 0 saturated carbocycles. The van der Waals surface area contributed by atoms with Gasteiger partial charge in [-0.3, -0.25) is 0 Å². The molecule has 0 aliphatic heterocycles. The maximum Gasteiger partial charge on any atom is 0.121 e. The van der Waals surface area contributed by atoms with E-state index in [-0.39, 0.29) is 12.1 Å². The molecule has 1 aromatic carbocycles. The number of aliphatic hydroxyl groups is 1. The molecule has 3 N–H and O–H groups in total. The molecule has 0 radical (unpaired) electrons. The van der Waals surface area contributed by atoms with Crippen LogP contribution in [0, 0.1) is 0 Å². The number of aliphatic hydroxyl groups excluding tert-OH is 1. The van der Waals surface area contributed by atoms with Crippen molar-refractivity contribution in [3.05, 3.63) is 29.3 Å².